The van der Waals surface area contributed by atoms with Gasteiger partial charge >= 0.3 is 0 Å². The fourth-order valence-electron chi connectivity index (χ4n) is 2.77. The van der Waals surface area contributed by atoms with Crippen LogP contribution in [0, 0.1) is 6.92 Å². The topological polar surface area (TPSA) is 15.3 Å². The zero-order chi connectivity index (χ0) is 13.7. The Bertz CT molecular complexity index is 431. The first-order valence-electron chi connectivity index (χ1n) is 7.35. The first-order valence-corrected chi connectivity index (χ1v) is 7.76. The molecular formula is C16H24N2S. The van der Waals surface area contributed by atoms with Gasteiger partial charge < -0.3 is 10.2 Å². The highest BCUT2D eigenvalue weighted by molar-refractivity contribution is 7.80. The average Bonchev–Trinajstić information content (AvgIpc) is 2.66. The second-order valence-corrected chi connectivity index (χ2v) is 5.74. The molecule has 0 aromatic heterocycles. The smallest absolute Gasteiger partial charge is 0.173 e. The van der Waals surface area contributed by atoms with E-state index >= 15 is 0 Å². The number of hydrogen-bond acceptors (Lipinski definition) is 1. The summed E-state index contributed by atoms with van der Waals surface area (Å²) in [5.74, 6) is 0. The van der Waals surface area contributed by atoms with Crippen molar-refractivity contribution in [2.24, 2.45) is 0 Å². The normalized spacial score (nSPS) is 19.9. The Balaban J connectivity index is 2.07. The number of anilines is 1. The van der Waals surface area contributed by atoms with Gasteiger partial charge in [-0.3, -0.25) is 0 Å². The molecule has 1 saturated heterocycles. The molecule has 1 atom stereocenters. The number of thiocarbonyl (C=S) groups is 1. The predicted molar refractivity (Wildman–Crippen MR) is 86.7 cm³/mol. The number of likely N-dealkylation sites (tertiary alicyclic amines) is 1. The van der Waals surface area contributed by atoms with Crippen molar-refractivity contribution in [3.63, 3.8) is 0 Å². The SMILES string of the molecule is CCC1CCCCCN1C(=S)Nc1ccccc1C. The zero-order valence-corrected chi connectivity index (χ0v) is 12.8. The van der Waals surface area contributed by atoms with E-state index in [1.54, 1.807) is 0 Å². The van der Waals surface area contributed by atoms with Gasteiger partial charge in [-0.1, -0.05) is 38.0 Å². The average molecular weight is 276 g/mol. The van der Waals surface area contributed by atoms with E-state index < -0.39 is 0 Å². The van der Waals surface area contributed by atoms with Gasteiger partial charge in [0.15, 0.2) is 5.11 Å². The number of hydrogen-bond donors (Lipinski definition) is 1. The van der Waals surface area contributed by atoms with Gasteiger partial charge in [-0.05, 0) is 50.0 Å². The van der Waals surface area contributed by atoms with E-state index in [1.165, 1.54) is 37.7 Å². The van der Waals surface area contributed by atoms with Gasteiger partial charge in [0.2, 0.25) is 0 Å². The molecule has 104 valence electrons. The van der Waals surface area contributed by atoms with Crippen LogP contribution in [0.5, 0.6) is 0 Å². The summed E-state index contributed by atoms with van der Waals surface area (Å²) in [6, 6.07) is 8.93. The number of rotatable bonds is 2. The van der Waals surface area contributed by atoms with E-state index in [0.29, 0.717) is 6.04 Å². The molecule has 0 radical (unpaired) electrons. The molecule has 0 bridgehead atoms. The van der Waals surface area contributed by atoms with Gasteiger partial charge in [0.25, 0.3) is 0 Å². The van der Waals surface area contributed by atoms with Crippen LogP contribution in [-0.2, 0) is 0 Å². The Morgan fingerprint density at radius 3 is 2.84 bits per heavy atom. The highest BCUT2D eigenvalue weighted by atomic mass is 32.1. The first-order chi connectivity index (χ1) is 9.22. The molecule has 0 saturated carbocycles. The largest absolute Gasteiger partial charge is 0.346 e. The van der Waals surface area contributed by atoms with Crippen LogP contribution in [0.15, 0.2) is 24.3 Å². The minimum atomic E-state index is 0.603. The lowest BCUT2D eigenvalue weighted by atomic mass is 10.1. The van der Waals surface area contributed by atoms with Crippen molar-refractivity contribution < 1.29 is 0 Å². The Kier molecular flexibility index (Phi) is 5.20. The van der Waals surface area contributed by atoms with Gasteiger partial charge in [0.05, 0.1) is 0 Å². The van der Waals surface area contributed by atoms with Gasteiger partial charge in [-0.2, -0.15) is 0 Å². The fourth-order valence-corrected chi connectivity index (χ4v) is 3.12. The molecule has 0 spiro atoms. The number of benzene rings is 1. The lowest BCUT2D eigenvalue weighted by Gasteiger charge is -2.32. The van der Waals surface area contributed by atoms with Crippen molar-refractivity contribution in [2.45, 2.75) is 52.0 Å². The lowest BCUT2D eigenvalue weighted by molar-refractivity contribution is 0.311. The molecule has 1 fully saturated rings. The molecule has 1 aromatic rings. The van der Waals surface area contributed by atoms with E-state index in [4.69, 9.17) is 12.2 Å². The summed E-state index contributed by atoms with van der Waals surface area (Å²) in [5, 5.41) is 4.32. The Morgan fingerprint density at radius 1 is 1.32 bits per heavy atom. The minimum Gasteiger partial charge on any atom is -0.346 e. The Morgan fingerprint density at radius 2 is 2.11 bits per heavy atom. The van der Waals surface area contributed by atoms with Crippen molar-refractivity contribution in [3.8, 4) is 0 Å². The van der Waals surface area contributed by atoms with Gasteiger partial charge in [0.1, 0.15) is 0 Å². The molecule has 2 rings (SSSR count). The summed E-state index contributed by atoms with van der Waals surface area (Å²) >= 11 is 5.63. The maximum absolute atomic E-state index is 5.63. The van der Waals surface area contributed by atoms with Crippen molar-refractivity contribution in [3.05, 3.63) is 29.8 Å². The van der Waals surface area contributed by atoms with Crippen molar-refractivity contribution in [1.29, 1.82) is 0 Å². The summed E-state index contributed by atoms with van der Waals surface area (Å²) in [6.45, 7) is 5.47. The van der Waals surface area contributed by atoms with E-state index in [-0.39, 0.29) is 0 Å². The minimum absolute atomic E-state index is 0.603. The zero-order valence-electron chi connectivity index (χ0n) is 12.0. The van der Waals surface area contributed by atoms with E-state index in [0.717, 1.165) is 17.3 Å². The van der Waals surface area contributed by atoms with Crippen LogP contribution >= 0.6 is 12.2 Å². The molecule has 19 heavy (non-hydrogen) atoms. The summed E-state index contributed by atoms with van der Waals surface area (Å²) in [6.07, 6.45) is 6.37. The van der Waals surface area contributed by atoms with Crippen LogP contribution in [0.3, 0.4) is 0 Å². The monoisotopic (exact) mass is 276 g/mol. The second kappa shape index (κ2) is 6.90. The molecule has 1 aromatic carbocycles. The van der Waals surface area contributed by atoms with Gasteiger partial charge in [-0.25, -0.2) is 0 Å². The fraction of sp³-hybridized carbons (Fsp3) is 0.562. The molecule has 0 aliphatic carbocycles. The number of aryl methyl sites for hydroxylation is 1. The third-order valence-electron chi connectivity index (χ3n) is 4.00. The number of nitrogens with one attached hydrogen (secondary N) is 1. The van der Waals surface area contributed by atoms with Crippen LogP contribution in [-0.4, -0.2) is 22.6 Å². The number of nitrogens with zero attached hydrogens (tertiary/aromatic N) is 1. The molecule has 3 heteroatoms. The summed E-state index contributed by atoms with van der Waals surface area (Å²) in [5.41, 5.74) is 2.37. The molecule has 2 nitrogen and oxygen atoms in total. The molecule has 1 N–H and O–H groups in total. The van der Waals surface area contributed by atoms with E-state index in [2.05, 4.69) is 48.3 Å². The highest BCUT2D eigenvalue weighted by Gasteiger charge is 2.21. The second-order valence-electron chi connectivity index (χ2n) is 5.35. The van der Waals surface area contributed by atoms with Gasteiger partial charge in [-0.15, -0.1) is 0 Å². The Hall–Kier alpha value is -1.09. The Labute approximate surface area is 122 Å². The molecule has 1 aliphatic rings. The van der Waals surface area contributed by atoms with Crippen LogP contribution < -0.4 is 5.32 Å². The van der Waals surface area contributed by atoms with E-state index in [9.17, 15) is 0 Å². The summed E-state index contributed by atoms with van der Waals surface area (Å²) in [4.78, 5) is 2.40. The maximum atomic E-state index is 5.63. The number of para-hydroxylation sites is 1. The standard InChI is InChI=1S/C16H24N2S/c1-3-14-10-5-4-8-12-18(14)16(19)17-15-11-7-6-9-13(15)2/h6-7,9,11,14H,3-5,8,10,12H2,1-2H3,(H,17,19). The summed E-state index contributed by atoms with van der Waals surface area (Å²) in [7, 11) is 0. The third kappa shape index (κ3) is 3.69. The molecular weight excluding hydrogens is 252 g/mol. The van der Waals surface area contributed by atoms with Gasteiger partial charge in [0, 0.05) is 18.3 Å². The third-order valence-corrected chi connectivity index (χ3v) is 4.33. The van der Waals surface area contributed by atoms with Crippen molar-refractivity contribution in [2.75, 3.05) is 11.9 Å². The van der Waals surface area contributed by atoms with Crippen LogP contribution in [0.4, 0.5) is 5.69 Å². The molecule has 1 aliphatic heterocycles. The van der Waals surface area contributed by atoms with Crippen LogP contribution in [0.2, 0.25) is 0 Å². The summed E-state index contributed by atoms with van der Waals surface area (Å²) < 4.78 is 0. The molecule has 1 unspecified atom stereocenters. The van der Waals surface area contributed by atoms with Crippen molar-refractivity contribution >= 4 is 23.0 Å². The van der Waals surface area contributed by atoms with Crippen LogP contribution in [0.25, 0.3) is 0 Å². The molecule has 1 heterocycles. The molecule has 0 amide bonds. The predicted octanol–water partition coefficient (Wildman–Crippen LogP) is 4.35. The first kappa shape index (κ1) is 14.3. The quantitative estimate of drug-likeness (QED) is 0.809. The van der Waals surface area contributed by atoms with Crippen LogP contribution in [0.1, 0.15) is 44.6 Å². The maximum Gasteiger partial charge on any atom is 0.173 e. The lowest BCUT2D eigenvalue weighted by Crippen LogP contribution is -2.42. The van der Waals surface area contributed by atoms with Crippen molar-refractivity contribution in [1.82, 2.24) is 4.90 Å². The highest BCUT2D eigenvalue weighted by Crippen LogP contribution is 2.21. The van der Waals surface area contributed by atoms with E-state index in [1.807, 2.05) is 0 Å².